The number of likely N-dealkylation sites (N-methyl/N-ethyl adjacent to an activating group) is 1. The van der Waals surface area contributed by atoms with Gasteiger partial charge in [0.05, 0.1) is 6.54 Å². The van der Waals surface area contributed by atoms with E-state index in [9.17, 15) is 4.79 Å². The fraction of sp³-hybridized carbons (Fsp3) is 0.727. The maximum atomic E-state index is 11.5. The zero-order valence-corrected chi connectivity index (χ0v) is 10.6. The summed E-state index contributed by atoms with van der Waals surface area (Å²) in [5, 5.41) is 3.15. The molecule has 0 saturated heterocycles. The predicted octanol–water partition coefficient (Wildman–Crippen LogP) is 1.36. The van der Waals surface area contributed by atoms with E-state index in [2.05, 4.69) is 11.9 Å². The molecule has 15 heavy (non-hydrogen) atoms. The second-order valence-electron chi connectivity index (χ2n) is 3.11. The Labute approximate surface area is 97.3 Å². The van der Waals surface area contributed by atoms with Crippen molar-refractivity contribution in [2.24, 2.45) is 0 Å². The van der Waals surface area contributed by atoms with Crippen LogP contribution in [0.3, 0.4) is 0 Å². The molecule has 3 nitrogen and oxygen atoms in total. The van der Waals surface area contributed by atoms with Gasteiger partial charge in [0.1, 0.15) is 0 Å². The van der Waals surface area contributed by atoms with Gasteiger partial charge in [-0.2, -0.15) is 11.8 Å². The monoisotopic (exact) mass is 230 g/mol. The van der Waals surface area contributed by atoms with Crippen LogP contribution >= 0.6 is 11.8 Å². The van der Waals surface area contributed by atoms with E-state index in [4.69, 9.17) is 0 Å². The van der Waals surface area contributed by atoms with Crippen molar-refractivity contribution >= 4 is 17.7 Å². The first kappa shape index (κ1) is 14.5. The van der Waals surface area contributed by atoms with Gasteiger partial charge >= 0.3 is 0 Å². The number of nitrogens with zero attached hydrogens (tertiary/aromatic N) is 1. The van der Waals surface area contributed by atoms with Crippen molar-refractivity contribution in [3.05, 3.63) is 12.7 Å². The molecule has 0 bridgehead atoms. The summed E-state index contributed by atoms with van der Waals surface area (Å²) in [6.45, 7) is 10.6. The average molecular weight is 230 g/mol. The molecule has 4 heteroatoms. The van der Waals surface area contributed by atoms with E-state index in [1.165, 1.54) is 0 Å². The van der Waals surface area contributed by atoms with Crippen LogP contribution in [-0.2, 0) is 4.79 Å². The molecule has 0 rings (SSSR count). The molecular formula is C11H22N2OS. The van der Waals surface area contributed by atoms with Crippen LogP contribution in [-0.4, -0.2) is 48.5 Å². The Balaban J connectivity index is 3.41. The summed E-state index contributed by atoms with van der Waals surface area (Å²) in [6, 6.07) is 0. The van der Waals surface area contributed by atoms with Crippen LogP contribution in [0, 0.1) is 0 Å². The average Bonchev–Trinajstić information content (AvgIpc) is 2.25. The zero-order chi connectivity index (χ0) is 11.5. The summed E-state index contributed by atoms with van der Waals surface area (Å²) in [4.78, 5) is 13.4. The van der Waals surface area contributed by atoms with Gasteiger partial charge in [-0.25, -0.2) is 0 Å². The highest BCUT2D eigenvalue weighted by Gasteiger charge is 2.07. The molecule has 0 aromatic heterocycles. The Morgan fingerprint density at radius 1 is 1.47 bits per heavy atom. The first-order chi connectivity index (χ1) is 7.26. The lowest BCUT2D eigenvalue weighted by molar-refractivity contribution is -0.129. The Morgan fingerprint density at radius 2 is 2.13 bits per heavy atom. The van der Waals surface area contributed by atoms with Gasteiger partial charge in [0.25, 0.3) is 0 Å². The summed E-state index contributed by atoms with van der Waals surface area (Å²) < 4.78 is 0. The lowest BCUT2D eigenvalue weighted by atomic mass is 10.4. The highest BCUT2D eigenvalue weighted by atomic mass is 32.2. The van der Waals surface area contributed by atoms with Crippen LogP contribution in [0.15, 0.2) is 12.7 Å². The van der Waals surface area contributed by atoms with E-state index in [0.717, 1.165) is 31.1 Å². The van der Waals surface area contributed by atoms with Crippen molar-refractivity contribution in [2.75, 3.05) is 37.7 Å². The normalized spacial score (nSPS) is 10.0. The van der Waals surface area contributed by atoms with Gasteiger partial charge in [-0.05, 0) is 13.8 Å². The molecule has 0 aromatic rings. The Bertz CT molecular complexity index is 181. The molecule has 0 aliphatic rings. The number of hydrogen-bond acceptors (Lipinski definition) is 3. The van der Waals surface area contributed by atoms with Gasteiger partial charge in [0, 0.05) is 31.1 Å². The third-order valence-corrected chi connectivity index (χ3v) is 3.02. The van der Waals surface area contributed by atoms with Crippen LogP contribution in [0.25, 0.3) is 0 Å². The molecule has 1 amide bonds. The Kier molecular flexibility index (Phi) is 9.73. The SMILES string of the molecule is C=CCSCCNCC(=O)N(CC)CC. The summed E-state index contributed by atoms with van der Waals surface area (Å²) in [5.41, 5.74) is 0. The fourth-order valence-corrected chi connectivity index (χ4v) is 1.82. The molecular weight excluding hydrogens is 208 g/mol. The van der Waals surface area contributed by atoms with Crippen molar-refractivity contribution in [3.8, 4) is 0 Å². The maximum Gasteiger partial charge on any atom is 0.236 e. The number of nitrogens with one attached hydrogen (secondary N) is 1. The summed E-state index contributed by atoms with van der Waals surface area (Å²) in [5.74, 6) is 2.19. The number of thioether (sulfide) groups is 1. The van der Waals surface area contributed by atoms with Crippen molar-refractivity contribution in [2.45, 2.75) is 13.8 Å². The van der Waals surface area contributed by atoms with E-state index < -0.39 is 0 Å². The molecule has 0 spiro atoms. The molecule has 1 N–H and O–H groups in total. The standard InChI is InChI=1S/C11H22N2OS/c1-4-8-15-9-7-12-10-11(14)13(5-2)6-3/h4,12H,1,5-10H2,2-3H3. The van der Waals surface area contributed by atoms with Crippen molar-refractivity contribution < 1.29 is 4.79 Å². The second-order valence-corrected chi connectivity index (χ2v) is 4.26. The molecule has 0 atom stereocenters. The van der Waals surface area contributed by atoms with Crippen molar-refractivity contribution in [1.82, 2.24) is 10.2 Å². The molecule has 0 aliphatic heterocycles. The van der Waals surface area contributed by atoms with Crippen LogP contribution in [0.5, 0.6) is 0 Å². The summed E-state index contributed by atoms with van der Waals surface area (Å²) >= 11 is 1.82. The van der Waals surface area contributed by atoms with Gasteiger partial charge in [-0.1, -0.05) is 6.08 Å². The van der Waals surface area contributed by atoms with Crippen molar-refractivity contribution in [1.29, 1.82) is 0 Å². The van der Waals surface area contributed by atoms with Gasteiger partial charge in [0.15, 0.2) is 0 Å². The van der Waals surface area contributed by atoms with E-state index in [1.807, 2.05) is 36.6 Å². The number of carbonyl (C=O) groups excluding carboxylic acids is 1. The number of amides is 1. The smallest absolute Gasteiger partial charge is 0.236 e. The molecule has 0 aliphatic carbocycles. The third-order valence-electron chi connectivity index (χ3n) is 2.05. The van der Waals surface area contributed by atoms with Gasteiger partial charge < -0.3 is 10.2 Å². The minimum Gasteiger partial charge on any atom is -0.342 e. The summed E-state index contributed by atoms with van der Waals surface area (Å²) in [7, 11) is 0. The van der Waals surface area contributed by atoms with Crippen LogP contribution < -0.4 is 5.32 Å². The molecule has 0 heterocycles. The topological polar surface area (TPSA) is 32.3 Å². The number of carbonyl (C=O) groups is 1. The number of rotatable bonds is 9. The predicted molar refractivity (Wildman–Crippen MR) is 68.3 cm³/mol. The van der Waals surface area contributed by atoms with E-state index in [0.29, 0.717) is 6.54 Å². The minimum absolute atomic E-state index is 0.189. The van der Waals surface area contributed by atoms with E-state index in [1.54, 1.807) is 0 Å². The van der Waals surface area contributed by atoms with Crippen LogP contribution in [0.1, 0.15) is 13.8 Å². The molecule has 0 radical (unpaired) electrons. The highest BCUT2D eigenvalue weighted by molar-refractivity contribution is 7.99. The first-order valence-electron chi connectivity index (χ1n) is 5.43. The first-order valence-corrected chi connectivity index (χ1v) is 6.58. The lowest BCUT2D eigenvalue weighted by Crippen LogP contribution is -2.38. The molecule has 88 valence electrons. The van der Waals surface area contributed by atoms with Gasteiger partial charge in [0.2, 0.25) is 5.91 Å². The van der Waals surface area contributed by atoms with E-state index >= 15 is 0 Å². The summed E-state index contributed by atoms with van der Waals surface area (Å²) in [6.07, 6.45) is 1.89. The molecule has 0 fully saturated rings. The lowest BCUT2D eigenvalue weighted by Gasteiger charge is -2.18. The van der Waals surface area contributed by atoms with E-state index in [-0.39, 0.29) is 5.91 Å². The maximum absolute atomic E-state index is 11.5. The molecule has 0 saturated carbocycles. The largest absolute Gasteiger partial charge is 0.342 e. The van der Waals surface area contributed by atoms with Gasteiger partial charge in [-0.15, -0.1) is 6.58 Å². The zero-order valence-electron chi connectivity index (χ0n) is 9.79. The van der Waals surface area contributed by atoms with Crippen molar-refractivity contribution in [3.63, 3.8) is 0 Å². The highest BCUT2D eigenvalue weighted by Crippen LogP contribution is 1.96. The molecule has 0 aromatic carbocycles. The van der Waals surface area contributed by atoms with Crippen LogP contribution in [0.2, 0.25) is 0 Å². The second kappa shape index (κ2) is 10.1. The van der Waals surface area contributed by atoms with Crippen LogP contribution in [0.4, 0.5) is 0 Å². The quantitative estimate of drug-likeness (QED) is 0.479. The fourth-order valence-electron chi connectivity index (χ4n) is 1.19. The third kappa shape index (κ3) is 7.45. The van der Waals surface area contributed by atoms with Gasteiger partial charge in [-0.3, -0.25) is 4.79 Å². The Morgan fingerprint density at radius 3 is 2.67 bits per heavy atom. The Hall–Kier alpha value is -0.480. The molecule has 0 unspecified atom stereocenters. The number of hydrogen-bond donors (Lipinski definition) is 1. The minimum atomic E-state index is 0.189.